The lowest BCUT2D eigenvalue weighted by molar-refractivity contribution is -0.117. The Kier molecular flexibility index (Phi) is 6.16. The fraction of sp³-hybridized carbons (Fsp3) is 0.318. The van der Waals surface area contributed by atoms with Crippen LogP contribution < -0.4 is 15.8 Å². The first-order valence-corrected chi connectivity index (χ1v) is 12.7. The molecule has 4 rings (SSSR count). The Hall–Kier alpha value is -2.98. The van der Waals surface area contributed by atoms with Crippen LogP contribution in [-0.2, 0) is 27.7 Å². The minimum absolute atomic E-state index is 0.0753. The van der Waals surface area contributed by atoms with E-state index in [-0.39, 0.29) is 10.8 Å². The predicted octanol–water partition coefficient (Wildman–Crippen LogP) is 3.61. The summed E-state index contributed by atoms with van der Waals surface area (Å²) in [5, 5.41) is 3.55. The van der Waals surface area contributed by atoms with E-state index in [1.165, 1.54) is 54.0 Å². The van der Waals surface area contributed by atoms with Crippen molar-refractivity contribution in [1.29, 1.82) is 0 Å². The van der Waals surface area contributed by atoms with E-state index in [0.717, 1.165) is 48.5 Å². The molecular formula is C22H24N4O4S2. The molecule has 0 fully saturated rings. The Bertz CT molecular complexity index is 1300. The zero-order valence-corrected chi connectivity index (χ0v) is 19.2. The van der Waals surface area contributed by atoms with Gasteiger partial charge in [0.1, 0.15) is 9.71 Å². The summed E-state index contributed by atoms with van der Waals surface area (Å²) in [5.41, 5.74) is 9.44. The number of nitrogens with one attached hydrogen (secondary N) is 2. The number of anilines is 2. The number of thiophene rings is 1. The lowest BCUT2D eigenvalue weighted by Gasteiger charge is -2.12. The van der Waals surface area contributed by atoms with Crippen LogP contribution in [0.3, 0.4) is 0 Å². The first-order chi connectivity index (χ1) is 15.2. The Morgan fingerprint density at radius 2 is 1.75 bits per heavy atom. The van der Waals surface area contributed by atoms with Crippen molar-refractivity contribution in [2.75, 3.05) is 11.1 Å². The van der Waals surface area contributed by atoms with Gasteiger partial charge >= 0.3 is 0 Å². The van der Waals surface area contributed by atoms with Crippen molar-refractivity contribution in [3.05, 3.63) is 46.5 Å². The maximum Gasteiger partial charge on any atom is 0.267 e. The van der Waals surface area contributed by atoms with E-state index in [4.69, 9.17) is 10.7 Å². The largest absolute Gasteiger partial charge is 0.397 e. The number of carbonyl (C=O) groups excluding carboxylic acids is 2. The number of aromatic nitrogens is 1. The molecule has 3 aromatic rings. The third-order valence-electron chi connectivity index (χ3n) is 5.41. The molecular weight excluding hydrogens is 448 g/mol. The molecule has 4 N–H and O–H groups in total. The Morgan fingerprint density at radius 1 is 1.06 bits per heavy atom. The molecule has 0 radical (unpaired) electrons. The van der Waals surface area contributed by atoms with Crippen LogP contribution in [-0.4, -0.2) is 25.2 Å². The zero-order valence-electron chi connectivity index (χ0n) is 17.6. The van der Waals surface area contributed by atoms with E-state index < -0.39 is 15.9 Å². The molecule has 1 aliphatic carbocycles. The van der Waals surface area contributed by atoms with Crippen LogP contribution in [0, 0.1) is 0 Å². The highest BCUT2D eigenvalue weighted by atomic mass is 32.2. The number of nitrogens with zero attached hydrogens (tertiary/aromatic N) is 1. The Balaban J connectivity index is 1.57. The smallest absolute Gasteiger partial charge is 0.267 e. The molecule has 2 aromatic heterocycles. The average Bonchev–Trinajstić information content (AvgIpc) is 3.03. The van der Waals surface area contributed by atoms with Crippen molar-refractivity contribution >= 4 is 54.8 Å². The van der Waals surface area contributed by atoms with Crippen LogP contribution in [0.4, 0.5) is 11.4 Å². The summed E-state index contributed by atoms with van der Waals surface area (Å²) in [6.07, 6.45) is 6.60. The molecule has 0 bridgehead atoms. The maximum atomic E-state index is 12.9. The number of pyridine rings is 1. The second-order valence-corrected chi connectivity index (χ2v) is 10.5. The summed E-state index contributed by atoms with van der Waals surface area (Å²) >= 11 is 1.26. The number of benzene rings is 1. The van der Waals surface area contributed by atoms with E-state index in [1.54, 1.807) is 0 Å². The van der Waals surface area contributed by atoms with E-state index in [9.17, 15) is 18.0 Å². The topological polar surface area (TPSA) is 131 Å². The zero-order chi connectivity index (χ0) is 22.9. The quantitative estimate of drug-likeness (QED) is 0.531. The van der Waals surface area contributed by atoms with Crippen LogP contribution in [0.5, 0.6) is 0 Å². The number of nitrogens with two attached hydrogens (primary N) is 1. The summed E-state index contributed by atoms with van der Waals surface area (Å²) in [5.74, 6) is -1.06. The van der Waals surface area contributed by atoms with Crippen molar-refractivity contribution in [2.24, 2.45) is 0 Å². The van der Waals surface area contributed by atoms with Crippen molar-refractivity contribution < 1.29 is 18.0 Å². The number of aryl methyl sites for hydroxylation is 2. The molecule has 2 amide bonds. The van der Waals surface area contributed by atoms with Crippen molar-refractivity contribution in [3.63, 3.8) is 0 Å². The van der Waals surface area contributed by atoms with Crippen molar-refractivity contribution in [2.45, 2.75) is 50.3 Å². The van der Waals surface area contributed by atoms with Gasteiger partial charge in [-0.1, -0.05) is 12.8 Å². The standard InChI is InChI=1S/C22H24N4O4S2/c1-13(27)26-32(29,30)16-10-8-15(9-11-16)24-21(28)20-19(23)17-12-14-6-4-2-3-5-7-18(14)25-22(17)31-20/h8-12H,2-7,23H2,1H3,(H,24,28)(H,26,27). The number of rotatable bonds is 4. The Labute approximate surface area is 190 Å². The third kappa shape index (κ3) is 4.61. The van der Waals surface area contributed by atoms with Gasteiger partial charge < -0.3 is 11.1 Å². The normalized spacial score (nSPS) is 14.3. The lowest BCUT2D eigenvalue weighted by atomic mass is 9.96. The Morgan fingerprint density at radius 3 is 2.44 bits per heavy atom. The van der Waals surface area contributed by atoms with Gasteiger partial charge in [-0.05, 0) is 61.6 Å². The highest BCUT2D eigenvalue weighted by molar-refractivity contribution is 7.90. The highest BCUT2D eigenvalue weighted by Gasteiger charge is 2.21. The molecule has 0 saturated heterocycles. The SMILES string of the molecule is CC(=O)NS(=O)(=O)c1ccc(NC(=O)c2sc3nc4c(cc3c2N)CCCCCC4)cc1. The molecule has 1 aromatic carbocycles. The van der Waals surface area contributed by atoms with Crippen LogP contribution >= 0.6 is 11.3 Å². The molecule has 0 aliphatic heterocycles. The number of nitrogen functional groups attached to an aromatic ring is 1. The first-order valence-electron chi connectivity index (χ1n) is 10.4. The molecule has 10 heteroatoms. The molecule has 8 nitrogen and oxygen atoms in total. The molecule has 32 heavy (non-hydrogen) atoms. The number of amides is 2. The first kappa shape index (κ1) is 22.2. The van der Waals surface area contributed by atoms with Crippen LogP contribution in [0.2, 0.25) is 0 Å². The molecule has 0 unspecified atom stereocenters. The lowest BCUT2D eigenvalue weighted by Crippen LogP contribution is -2.28. The van der Waals surface area contributed by atoms with Gasteiger partial charge in [-0.15, -0.1) is 11.3 Å². The van der Waals surface area contributed by atoms with Crippen molar-refractivity contribution in [3.8, 4) is 0 Å². The monoisotopic (exact) mass is 472 g/mol. The third-order valence-corrected chi connectivity index (χ3v) is 7.97. The molecule has 2 heterocycles. The van der Waals surface area contributed by atoms with Gasteiger partial charge in [-0.2, -0.15) is 0 Å². The molecule has 0 spiro atoms. The van der Waals surface area contributed by atoms with Crippen LogP contribution in [0.25, 0.3) is 10.2 Å². The van der Waals surface area contributed by atoms with Gasteiger partial charge in [0.15, 0.2) is 0 Å². The van der Waals surface area contributed by atoms with E-state index in [0.29, 0.717) is 16.3 Å². The minimum atomic E-state index is -3.93. The van der Waals surface area contributed by atoms with Gasteiger partial charge in [-0.3, -0.25) is 9.59 Å². The fourth-order valence-corrected chi connectivity index (χ4v) is 5.82. The summed E-state index contributed by atoms with van der Waals surface area (Å²) < 4.78 is 26.0. The molecule has 0 atom stereocenters. The minimum Gasteiger partial charge on any atom is -0.397 e. The summed E-state index contributed by atoms with van der Waals surface area (Å²) in [6.45, 7) is 1.12. The second-order valence-electron chi connectivity index (χ2n) is 7.85. The number of fused-ring (bicyclic) bond motifs is 2. The summed E-state index contributed by atoms with van der Waals surface area (Å²) in [6, 6.07) is 7.63. The number of sulfonamides is 1. The van der Waals surface area contributed by atoms with Gasteiger partial charge in [0.2, 0.25) is 5.91 Å². The van der Waals surface area contributed by atoms with Crippen molar-refractivity contribution in [1.82, 2.24) is 9.71 Å². The van der Waals surface area contributed by atoms with Gasteiger partial charge in [0, 0.05) is 23.7 Å². The van der Waals surface area contributed by atoms with E-state index >= 15 is 0 Å². The van der Waals surface area contributed by atoms with E-state index in [2.05, 4.69) is 11.4 Å². The molecule has 1 aliphatic rings. The summed E-state index contributed by atoms with van der Waals surface area (Å²) in [4.78, 5) is 29.8. The number of hydrogen-bond acceptors (Lipinski definition) is 7. The summed E-state index contributed by atoms with van der Waals surface area (Å²) in [7, 11) is -3.93. The highest BCUT2D eigenvalue weighted by Crippen LogP contribution is 2.35. The van der Waals surface area contributed by atoms with Gasteiger partial charge in [0.25, 0.3) is 15.9 Å². The molecule has 168 valence electrons. The van der Waals surface area contributed by atoms with Gasteiger partial charge in [0.05, 0.1) is 10.6 Å². The average molecular weight is 473 g/mol. The predicted molar refractivity (Wildman–Crippen MR) is 125 cm³/mol. The number of hydrogen-bond donors (Lipinski definition) is 3. The second kappa shape index (κ2) is 8.87. The maximum absolute atomic E-state index is 12.9. The fourth-order valence-electron chi connectivity index (χ4n) is 3.84. The van der Waals surface area contributed by atoms with E-state index in [1.807, 2.05) is 4.72 Å². The van der Waals surface area contributed by atoms with Gasteiger partial charge in [-0.25, -0.2) is 18.1 Å². The number of carbonyl (C=O) groups is 2. The van der Waals surface area contributed by atoms with Crippen LogP contribution in [0.1, 0.15) is 53.5 Å². The van der Waals surface area contributed by atoms with Crippen LogP contribution in [0.15, 0.2) is 35.2 Å². The molecule has 0 saturated carbocycles.